The molecule has 0 saturated carbocycles. The Morgan fingerprint density at radius 1 is 0.844 bits per heavy atom. The first-order chi connectivity index (χ1) is 20.3. The molecular weight excluding hydrogens is 676 g/mol. The molecule has 1 aliphatic heterocycles. The average Bonchev–Trinajstić information content (AvgIpc) is 3.46. The van der Waals surface area contributed by atoms with Crippen molar-refractivity contribution in [3.63, 3.8) is 0 Å². The first-order valence-corrected chi connectivity index (χ1v) is 12.1. The lowest BCUT2D eigenvalue weighted by atomic mass is 9.96. The molecule has 0 amide bonds. The Labute approximate surface area is 246 Å². The fourth-order valence-corrected chi connectivity index (χ4v) is 4.31. The summed E-state index contributed by atoms with van der Waals surface area (Å²) in [5, 5.41) is 2.55. The van der Waals surface area contributed by atoms with E-state index in [1.807, 2.05) is 0 Å². The van der Waals surface area contributed by atoms with Gasteiger partial charge in [-0.05, 0) is 36.2 Å². The van der Waals surface area contributed by atoms with E-state index in [1.165, 1.54) is 25.1 Å². The van der Waals surface area contributed by atoms with Gasteiger partial charge in [0.1, 0.15) is 5.69 Å². The zero-order valence-corrected chi connectivity index (χ0v) is 22.3. The van der Waals surface area contributed by atoms with Gasteiger partial charge >= 0.3 is 42.0 Å². The minimum Gasteiger partial charge on any atom is -0.403 e. The number of carbonyl (C=O) groups excluding carboxylic acids is 1. The van der Waals surface area contributed by atoms with Crippen LogP contribution in [0.3, 0.4) is 0 Å². The van der Waals surface area contributed by atoms with Crippen molar-refractivity contribution in [3.05, 3.63) is 81.1 Å². The predicted octanol–water partition coefficient (Wildman–Crippen LogP) is 8.72. The molecule has 2 aromatic carbocycles. The molecule has 4 rings (SSSR count). The normalized spacial score (nSPS) is 15.9. The largest absolute Gasteiger partial charge is 0.460 e. The summed E-state index contributed by atoms with van der Waals surface area (Å²) in [6.45, 7) is 0.258. The van der Waals surface area contributed by atoms with Crippen LogP contribution in [0.1, 0.15) is 38.3 Å². The zero-order valence-electron chi connectivity index (χ0n) is 21.6. The number of alkyl halides is 14. The highest BCUT2D eigenvalue weighted by Gasteiger charge is 2.79. The Balaban J connectivity index is 1.77. The van der Waals surface area contributed by atoms with Gasteiger partial charge in [-0.25, -0.2) is 9.79 Å². The summed E-state index contributed by atoms with van der Waals surface area (Å²) in [5.74, 6) is -29.1. The van der Waals surface area contributed by atoms with Gasteiger partial charge in [0.15, 0.2) is 0 Å². The fourth-order valence-electron chi connectivity index (χ4n) is 4.06. The van der Waals surface area contributed by atoms with Gasteiger partial charge in [-0.2, -0.15) is 66.6 Å². The second kappa shape index (κ2) is 10.6. The fraction of sp³-hybridized carbons (Fsp3) is 0.320. The molecule has 2 heterocycles. The number of fused-ring (bicyclic) bond motifs is 1. The molecule has 244 valence electrons. The molecule has 1 aliphatic rings. The summed E-state index contributed by atoms with van der Waals surface area (Å²) >= 11 is 5.97. The summed E-state index contributed by atoms with van der Waals surface area (Å²) in [4.78, 5) is 16.2. The number of aromatic nitrogens is 2. The average molecular weight is 688 g/mol. The van der Waals surface area contributed by atoms with Crippen LogP contribution in [0, 0.1) is 6.92 Å². The second-order valence-electron chi connectivity index (χ2n) is 9.47. The van der Waals surface area contributed by atoms with E-state index in [2.05, 4.69) is 10.1 Å². The molecule has 0 N–H and O–H groups in total. The Morgan fingerprint density at radius 3 is 1.98 bits per heavy atom. The van der Waals surface area contributed by atoms with Gasteiger partial charge in [-0.1, -0.05) is 29.8 Å². The summed E-state index contributed by atoms with van der Waals surface area (Å²) in [6.07, 6.45) is -14.9. The second-order valence-corrected chi connectivity index (χ2v) is 9.88. The molecule has 5 nitrogen and oxygen atoms in total. The highest BCUT2D eigenvalue weighted by Crippen LogP contribution is 2.57. The van der Waals surface area contributed by atoms with Crippen molar-refractivity contribution < 1.29 is 71.0 Å². The molecule has 0 spiro atoms. The van der Waals surface area contributed by atoms with E-state index in [-0.39, 0.29) is 43.5 Å². The number of ether oxygens (including phenoxy) is 1. The maximum atomic E-state index is 14.5. The maximum Gasteiger partial charge on any atom is 0.460 e. The maximum absolute atomic E-state index is 14.5. The van der Waals surface area contributed by atoms with Crippen molar-refractivity contribution in [3.8, 4) is 0 Å². The molecule has 0 atom stereocenters. The van der Waals surface area contributed by atoms with Gasteiger partial charge in [0.25, 0.3) is 0 Å². The Bertz CT molecular complexity index is 1640. The van der Waals surface area contributed by atoms with Gasteiger partial charge in [-0.15, -0.1) is 0 Å². The van der Waals surface area contributed by atoms with Crippen LogP contribution in [0.2, 0.25) is 5.02 Å². The minimum absolute atomic E-state index is 0.00159. The monoisotopic (exact) mass is 687 g/mol. The molecule has 0 radical (unpaired) electrons. The molecule has 3 aromatic rings. The van der Waals surface area contributed by atoms with Gasteiger partial charge in [0, 0.05) is 6.20 Å². The van der Waals surface area contributed by atoms with E-state index < -0.39 is 66.0 Å². The van der Waals surface area contributed by atoms with E-state index in [0.29, 0.717) is 0 Å². The summed E-state index contributed by atoms with van der Waals surface area (Å²) in [5.41, 5.74) is -6.36. The summed E-state index contributed by atoms with van der Waals surface area (Å²) < 4.78 is 194. The number of aliphatic imine (C=N–C) groups is 1. The van der Waals surface area contributed by atoms with Gasteiger partial charge in [0.05, 0.1) is 33.9 Å². The summed E-state index contributed by atoms with van der Waals surface area (Å²) in [7, 11) is 0. The number of esters is 1. The third-order valence-corrected chi connectivity index (χ3v) is 6.68. The predicted molar refractivity (Wildman–Crippen MR) is 125 cm³/mol. The van der Waals surface area contributed by atoms with Gasteiger partial charge < -0.3 is 4.74 Å². The number of hydrogen-bond donors (Lipinski definition) is 0. The number of hydrogen-bond acceptors (Lipinski definition) is 4. The Hall–Kier alpha value is -3.90. The summed E-state index contributed by atoms with van der Waals surface area (Å²) in [6, 6.07) is 7.63. The van der Waals surface area contributed by atoms with E-state index in [9.17, 15) is 66.3 Å². The van der Waals surface area contributed by atoms with Crippen LogP contribution in [-0.2, 0) is 23.1 Å². The van der Waals surface area contributed by atoms with Crippen LogP contribution >= 0.6 is 11.6 Å². The molecule has 0 unspecified atom stereocenters. The van der Waals surface area contributed by atoms with Crippen LogP contribution in [0.4, 0.5) is 67.2 Å². The van der Waals surface area contributed by atoms with Gasteiger partial charge in [-0.3, -0.25) is 4.68 Å². The third kappa shape index (κ3) is 5.48. The SMILES string of the molecule is Cc1cc(Cn2cc(C(F)(F)C(F)(F)C(F)(F)F)c(C(F)(F)C(F)(F)C(F)(F)F)n2)ccc1/N=C1\OC(=O)c2c(Cl)cccc21. The van der Waals surface area contributed by atoms with Crippen molar-refractivity contribution in [1.82, 2.24) is 9.78 Å². The van der Waals surface area contributed by atoms with Crippen molar-refractivity contribution in [2.45, 2.75) is 49.5 Å². The lowest BCUT2D eigenvalue weighted by Gasteiger charge is -2.31. The van der Waals surface area contributed by atoms with Crippen LogP contribution < -0.4 is 0 Å². The van der Waals surface area contributed by atoms with E-state index in [0.717, 1.165) is 18.2 Å². The van der Waals surface area contributed by atoms with E-state index >= 15 is 0 Å². The number of cyclic esters (lactones) is 1. The van der Waals surface area contributed by atoms with Gasteiger partial charge in [0.2, 0.25) is 5.90 Å². The zero-order chi connectivity index (χ0) is 34.1. The Morgan fingerprint density at radius 2 is 1.42 bits per heavy atom. The number of benzene rings is 2. The van der Waals surface area contributed by atoms with Crippen molar-refractivity contribution in [1.29, 1.82) is 0 Å². The lowest BCUT2D eigenvalue weighted by Crippen LogP contribution is -2.53. The quantitative estimate of drug-likeness (QED) is 0.185. The lowest BCUT2D eigenvalue weighted by molar-refractivity contribution is -0.367. The molecule has 1 aromatic heterocycles. The van der Waals surface area contributed by atoms with Crippen LogP contribution in [0.25, 0.3) is 0 Å². The molecular formula is C25H12ClF14N3O2. The number of rotatable bonds is 7. The molecule has 20 heteroatoms. The molecule has 45 heavy (non-hydrogen) atoms. The number of halogens is 15. The third-order valence-electron chi connectivity index (χ3n) is 6.36. The smallest absolute Gasteiger partial charge is 0.403 e. The number of aryl methyl sites for hydroxylation is 1. The molecule has 0 bridgehead atoms. The Kier molecular flexibility index (Phi) is 7.99. The highest BCUT2D eigenvalue weighted by atomic mass is 35.5. The first-order valence-electron chi connectivity index (χ1n) is 11.8. The first kappa shape index (κ1) is 34.0. The van der Waals surface area contributed by atoms with Crippen molar-refractivity contribution in [2.75, 3.05) is 0 Å². The van der Waals surface area contributed by atoms with E-state index in [1.54, 1.807) is 0 Å². The number of carbonyl (C=O) groups is 1. The van der Waals surface area contributed by atoms with Crippen LogP contribution in [0.15, 0.2) is 47.6 Å². The highest BCUT2D eigenvalue weighted by molar-refractivity contribution is 6.36. The minimum atomic E-state index is -7.23. The number of nitrogens with zero attached hydrogens (tertiary/aromatic N) is 3. The van der Waals surface area contributed by atoms with Crippen molar-refractivity contribution >= 4 is 29.2 Å². The molecule has 0 aliphatic carbocycles. The topological polar surface area (TPSA) is 56.5 Å². The standard InChI is InChI=1S/C25H12ClF14N3O2/c1-10-7-11(5-6-15(10)41-18-12-3-2-4-14(26)16(12)19(44)45-18)8-43-9-13(20(27,28)22(31,32)24(35,36)37)17(42-43)21(29,30)23(33,34)25(38,39)40/h2-7,9H,8H2,1H3/b41-18-. The van der Waals surface area contributed by atoms with E-state index in [4.69, 9.17) is 16.3 Å². The van der Waals surface area contributed by atoms with Crippen molar-refractivity contribution in [2.24, 2.45) is 4.99 Å². The van der Waals surface area contributed by atoms with Crippen LogP contribution in [-0.4, -0.2) is 45.8 Å². The molecule has 0 fully saturated rings. The van der Waals surface area contributed by atoms with Crippen LogP contribution in [0.5, 0.6) is 0 Å². The molecule has 0 saturated heterocycles.